The Bertz CT molecular complexity index is 157. The smallest absolute Gasteiger partial charge is 0.0733 e. The highest BCUT2D eigenvalue weighted by Gasteiger charge is 2.44. The molecular formula is C11H21IO. The Morgan fingerprint density at radius 2 is 1.85 bits per heavy atom. The minimum atomic E-state index is 0.163. The molecule has 0 saturated carbocycles. The summed E-state index contributed by atoms with van der Waals surface area (Å²) < 4.78 is 7.35. The number of ether oxygens (including phenoxy) is 1. The highest BCUT2D eigenvalue weighted by atomic mass is 127. The van der Waals surface area contributed by atoms with Gasteiger partial charge in [0, 0.05) is 4.43 Å². The van der Waals surface area contributed by atoms with Crippen LogP contribution in [0.25, 0.3) is 0 Å². The van der Waals surface area contributed by atoms with Gasteiger partial charge in [-0.25, -0.2) is 0 Å². The maximum atomic E-state index is 6.21. The number of halogens is 1. The van der Waals surface area contributed by atoms with E-state index in [1.54, 1.807) is 0 Å². The summed E-state index contributed by atoms with van der Waals surface area (Å²) in [6.45, 7) is 9.15. The van der Waals surface area contributed by atoms with Crippen molar-refractivity contribution in [2.45, 2.75) is 52.2 Å². The van der Waals surface area contributed by atoms with Crippen LogP contribution in [0.1, 0.15) is 40.5 Å². The van der Waals surface area contributed by atoms with Crippen LogP contribution in [0.4, 0.5) is 0 Å². The predicted molar refractivity (Wildman–Crippen MR) is 65.4 cm³/mol. The molecular weight excluding hydrogens is 275 g/mol. The molecule has 0 aliphatic carbocycles. The summed E-state index contributed by atoms with van der Waals surface area (Å²) in [7, 11) is 0. The fourth-order valence-corrected chi connectivity index (χ4v) is 3.06. The number of hydrogen-bond acceptors (Lipinski definition) is 1. The normalized spacial score (nSPS) is 27.5. The van der Waals surface area contributed by atoms with Crippen LogP contribution >= 0.6 is 22.6 Å². The van der Waals surface area contributed by atoms with Crippen molar-refractivity contribution >= 4 is 22.6 Å². The number of alkyl halides is 1. The van der Waals surface area contributed by atoms with Crippen molar-refractivity contribution in [3.63, 3.8) is 0 Å². The third kappa shape index (κ3) is 2.20. The van der Waals surface area contributed by atoms with E-state index < -0.39 is 0 Å². The van der Waals surface area contributed by atoms with E-state index in [1.165, 1.54) is 12.8 Å². The molecule has 1 fully saturated rings. The van der Waals surface area contributed by atoms with Gasteiger partial charge in [0.25, 0.3) is 0 Å². The quantitative estimate of drug-likeness (QED) is 0.570. The molecule has 1 aliphatic heterocycles. The van der Waals surface area contributed by atoms with Crippen molar-refractivity contribution in [1.29, 1.82) is 0 Å². The first-order chi connectivity index (χ1) is 6.03. The second-order valence-corrected chi connectivity index (χ2v) is 5.58. The van der Waals surface area contributed by atoms with Crippen molar-refractivity contribution in [1.82, 2.24) is 0 Å². The third-order valence-corrected chi connectivity index (χ3v) is 4.35. The first kappa shape index (κ1) is 11.8. The maximum Gasteiger partial charge on any atom is 0.0733 e. The minimum Gasteiger partial charge on any atom is -0.370 e. The first-order valence-corrected chi connectivity index (χ1v) is 6.79. The average Bonchev–Trinajstić information content (AvgIpc) is 2.48. The molecule has 1 aliphatic rings. The van der Waals surface area contributed by atoms with Crippen LogP contribution in [0, 0.1) is 11.8 Å². The third-order valence-electron chi connectivity index (χ3n) is 3.37. The molecule has 0 aromatic rings. The molecule has 1 heterocycles. The van der Waals surface area contributed by atoms with Crippen LogP contribution in [-0.2, 0) is 4.74 Å². The Balaban J connectivity index is 2.72. The zero-order valence-electron chi connectivity index (χ0n) is 9.14. The van der Waals surface area contributed by atoms with E-state index in [2.05, 4.69) is 50.3 Å². The Morgan fingerprint density at radius 1 is 1.31 bits per heavy atom. The van der Waals surface area contributed by atoms with Gasteiger partial charge in [-0.05, 0) is 24.7 Å². The standard InChI is InChI=1S/C11H21IO/c1-8(2)11(9(3)4)6-5-10(7-12)13-11/h8-10H,5-7H2,1-4H3. The molecule has 0 bridgehead atoms. The molecule has 1 atom stereocenters. The lowest BCUT2D eigenvalue weighted by atomic mass is 9.78. The molecule has 1 rings (SSSR count). The van der Waals surface area contributed by atoms with E-state index in [1.807, 2.05) is 0 Å². The summed E-state index contributed by atoms with van der Waals surface area (Å²) in [4.78, 5) is 0. The lowest BCUT2D eigenvalue weighted by molar-refractivity contribution is -0.0938. The molecule has 0 aromatic heterocycles. The fourth-order valence-electron chi connectivity index (χ4n) is 2.44. The summed E-state index contributed by atoms with van der Waals surface area (Å²) in [5.41, 5.74) is 0.163. The van der Waals surface area contributed by atoms with E-state index in [0.29, 0.717) is 17.9 Å². The van der Waals surface area contributed by atoms with Crippen LogP contribution in [0.2, 0.25) is 0 Å². The SMILES string of the molecule is CC(C)C1(C(C)C)CCC(CI)O1. The minimum absolute atomic E-state index is 0.163. The zero-order valence-corrected chi connectivity index (χ0v) is 11.3. The van der Waals surface area contributed by atoms with Crippen LogP contribution < -0.4 is 0 Å². The van der Waals surface area contributed by atoms with E-state index in [-0.39, 0.29) is 5.60 Å². The summed E-state index contributed by atoms with van der Waals surface area (Å²) in [5.74, 6) is 1.28. The van der Waals surface area contributed by atoms with Crippen molar-refractivity contribution in [2.75, 3.05) is 4.43 Å². The van der Waals surface area contributed by atoms with Crippen molar-refractivity contribution in [3.8, 4) is 0 Å². The predicted octanol–water partition coefficient (Wildman–Crippen LogP) is 3.65. The Kier molecular flexibility index (Phi) is 4.05. The van der Waals surface area contributed by atoms with Gasteiger partial charge in [0.1, 0.15) is 0 Å². The second kappa shape index (κ2) is 4.47. The summed E-state index contributed by atoms with van der Waals surface area (Å²) in [6.07, 6.45) is 3.00. The molecule has 2 heteroatoms. The van der Waals surface area contributed by atoms with Crippen molar-refractivity contribution in [3.05, 3.63) is 0 Å². The van der Waals surface area contributed by atoms with Gasteiger partial charge in [-0.1, -0.05) is 50.3 Å². The van der Waals surface area contributed by atoms with Crippen LogP contribution in [0.5, 0.6) is 0 Å². The lowest BCUT2D eigenvalue weighted by Gasteiger charge is -2.37. The Labute approximate surface area is 95.8 Å². The summed E-state index contributed by atoms with van der Waals surface area (Å²) in [6, 6.07) is 0. The highest BCUT2D eigenvalue weighted by molar-refractivity contribution is 14.1. The average molecular weight is 296 g/mol. The second-order valence-electron chi connectivity index (χ2n) is 4.70. The van der Waals surface area contributed by atoms with Gasteiger partial charge in [-0.15, -0.1) is 0 Å². The van der Waals surface area contributed by atoms with E-state index in [0.717, 1.165) is 4.43 Å². The monoisotopic (exact) mass is 296 g/mol. The summed E-state index contributed by atoms with van der Waals surface area (Å²) in [5, 5.41) is 0. The Morgan fingerprint density at radius 3 is 2.08 bits per heavy atom. The molecule has 0 spiro atoms. The molecule has 78 valence electrons. The highest BCUT2D eigenvalue weighted by Crippen LogP contribution is 2.42. The zero-order chi connectivity index (χ0) is 10.1. The molecule has 1 saturated heterocycles. The van der Waals surface area contributed by atoms with E-state index >= 15 is 0 Å². The van der Waals surface area contributed by atoms with Gasteiger partial charge in [0.2, 0.25) is 0 Å². The van der Waals surface area contributed by atoms with Crippen LogP contribution in [0.3, 0.4) is 0 Å². The fraction of sp³-hybridized carbons (Fsp3) is 1.00. The molecule has 1 nitrogen and oxygen atoms in total. The summed E-state index contributed by atoms with van der Waals surface area (Å²) >= 11 is 2.43. The van der Waals surface area contributed by atoms with E-state index in [4.69, 9.17) is 4.74 Å². The van der Waals surface area contributed by atoms with Crippen LogP contribution in [0.15, 0.2) is 0 Å². The van der Waals surface area contributed by atoms with Gasteiger partial charge in [0.05, 0.1) is 11.7 Å². The number of rotatable bonds is 3. The number of hydrogen-bond donors (Lipinski definition) is 0. The molecule has 1 unspecified atom stereocenters. The Hall–Kier alpha value is 0.690. The lowest BCUT2D eigenvalue weighted by Crippen LogP contribution is -2.41. The molecule has 0 radical (unpaired) electrons. The molecule has 13 heavy (non-hydrogen) atoms. The topological polar surface area (TPSA) is 9.23 Å². The van der Waals surface area contributed by atoms with Gasteiger partial charge in [-0.2, -0.15) is 0 Å². The molecule has 0 N–H and O–H groups in total. The van der Waals surface area contributed by atoms with Gasteiger partial charge >= 0.3 is 0 Å². The van der Waals surface area contributed by atoms with Crippen molar-refractivity contribution < 1.29 is 4.74 Å². The first-order valence-electron chi connectivity index (χ1n) is 5.26. The van der Waals surface area contributed by atoms with Crippen LogP contribution in [-0.4, -0.2) is 16.1 Å². The molecule has 0 aromatic carbocycles. The maximum absolute atomic E-state index is 6.21. The van der Waals surface area contributed by atoms with Gasteiger partial charge in [-0.3, -0.25) is 0 Å². The van der Waals surface area contributed by atoms with Crippen molar-refractivity contribution in [2.24, 2.45) is 11.8 Å². The van der Waals surface area contributed by atoms with Gasteiger partial charge in [0.15, 0.2) is 0 Å². The van der Waals surface area contributed by atoms with Gasteiger partial charge < -0.3 is 4.74 Å². The largest absolute Gasteiger partial charge is 0.370 e. The molecule has 0 amide bonds. The van der Waals surface area contributed by atoms with E-state index in [9.17, 15) is 0 Å².